The van der Waals surface area contributed by atoms with Gasteiger partial charge in [0.15, 0.2) is 0 Å². The third kappa shape index (κ3) is 4.04. The fraction of sp³-hybridized carbons (Fsp3) is 0.174. The van der Waals surface area contributed by atoms with E-state index < -0.39 is 11.9 Å². The highest BCUT2D eigenvalue weighted by Gasteiger charge is 2.37. The van der Waals surface area contributed by atoms with E-state index >= 15 is 0 Å². The third-order valence-corrected chi connectivity index (χ3v) is 5.62. The molecule has 152 valence electrons. The molecule has 2 heterocycles. The minimum absolute atomic E-state index is 0.0222. The number of fused-ring (bicyclic) bond motifs is 1. The number of anilines is 2. The number of rotatable bonds is 3. The maximum absolute atomic E-state index is 13.5. The minimum atomic E-state index is -0.703. The van der Waals surface area contributed by atoms with E-state index in [1.807, 2.05) is 55.5 Å². The number of nitrogens with one attached hydrogen (secondary N) is 1. The van der Waals surface area contributed by atoms with Gasteiger partial charge in [0, 0.05) is 11.4 Å². The van der Waals surface area contributed by atoms with Crippen molar-refractivity contribution < 1.29 is 9.59 Å². The SMILES string of the molecule is Cc1ccc(NC(=O)[C@@H]2CCc3ccccc3N2C(=O)c2nc(Cl)ccc2Cl)cc1. The average molecular weight is 440 g/mol. The highest BCUT2D eigenvalue weighted by atomic mass is 35.5. The van der Waals surface area contributed by atoms with E-state index in [1.165, 1.54) is 17.0 Å². The summed E-state index contributed by atoms with van der Waals surface area (Å²) in [7, 11) is 0. The van der Waals surface area contributed by atoms with Crippen molar-refractivity contribution in [2.24, 2.45) is 0 Å². The molecule has 1 aliphatic rings. The van der Waals surface area contributed by atoms with Crippen LogP contribution in [0.4, 0.5) is 11.4 Å². The standard InChI is InChI=1S/C23H19Cl2N3O2/c1-14-6-9-16(10-7-14)26-22(29)19-12-8-15-4-2-3-5-18(15)28(19)23(30)21-17(24)11-13-20(25)27-21/h2-7,9-11,13,19H,8,12H2,1H3,(H,26,29)/t19-/m0/s1. The number of para-hydroxylation sites is 1. The number of pyridine rings is 1. The zero-order valence-corrected chi connectivity index (χ0v) is 17.7. The van der Waals surface area contributed by atoms with Gasteiger partial charge < -0.3 is 5.32 Å². The van der Waals surface area contributed by atoms with Crippen molar-refractivity contribution in [1.82, 2.24) is 4.98 Å². The first-order chi connectivity index (χ1) is 14.4. The minimum Gasteiger partial charge on any atom is -0.324 e. The number of nitrogens with zero attached hydrogens (tertiary/aromatic N) is 2. The lowest BCUT2D eigenvalue weighted by atomic mass is 9.94. The summed E-state index contributed by atoms with van der Waals surface area (Å²) in [6.45, 7) is 1.98. The van der Waals surface area contributed by atoms with Gasteiger partial charge in [0.2, 0.25) is 5.91 Å². The van der Waals surface area contributed by atoms with Crippen molar-refractivity contribution in [3.63, 3.8) is 0 Å². The molecule has 0 radical (unpaired) electrons. The van der Waals surface area contributed by atoms with E-state index in [1.54, 1.807) is 0 Å². The van der Waals surface area contributed by atoms with Crippen LogP contribution in [0.2, 0.25) is 10.2 Å². The summed E-state index contributed by atoms with van der Waals surface area (Å²) in [6.07, 6.45) is 1.17. The Morgan fingerprint density at radius 1 is 1.03 bits per heavy atom. The molecule has 3 aromatic rings. The smallest absolute Gasteiger partial charge is 0.279 e. The predicted octanol–water partition coefficient (Wildman–Crippen LogP) is 5.30. The number of hydrogen-bond donors (Lipinski definition) is 1. The van der Waals surface area contributed by atoms with Crippen LogP contribution in [0.25, 0.3) is 0 Å². The summed E-state index contributed by atoms with van der Waals surface area (Å²) in [6, 6.07) is 17.4. The van der Waals surface area contributed by atoms with Gasteiger partial charge in [-0.3, -0.25) is 14.5 Å². The van der Waals surface area contributed by atoms with Crippen LogP contribution in [-0.2, 0) is 11.2 Å². The first-order valence-corrected chi connectivity index (χ1v) is 10.3. The largest absolute Gasteiger partial charge is 0.324 e. The Labute approximate surface area is 184 Å². The van der Waals surface area contributed by atoms with Crippen molar-refractivity contribution in [1.29, 1.82) is 0 Å². The Bertz CT molecular complexity index is 1120. The highest BCUT2D eigenvalue weighted by molar-refractivity contribution is 6.35. The number of aryl methyl sites for hydroxylation is 2. The topological polar surface area (TPSA) is 62.3 Å². The number of aromatic nitrogens is 1. The van der Waals surface area contributed by atoms with E-state index in [9.17, 15) is 9.59 Å². The number of benzene rings is 2. The van der Waals surface area contributed by atoms with Gasteiger partial charge in [-0.25, -0.2) is 4.98 Å². The van der Waals surface area contributed by atoms with E-state index in [4.69, 9.17) is 23.2 Å². The fourth-order valence-electron chi connectivity index (χ4n) is 3.59. The lowest BCUT2D eigenvalue weighted by Crippen LogP contribution is -2.50. The number of carbonyl (C=O) groups excluding carboxylic acids is 2. The van der Waals surface area contributed by atoms with Crippen molar-refractivity contribution in [2.45, 2.75) is 25.8 Å². The summed E-state index contributed by atoms with van der Waals surface area (Å²) >= 11 is 12.2. The van der Waals surface area contributed by atoms with Crippen LogP contribution in [0.1, 0.15) is 28.0 Å². The molecule has 2 aromatic carbocycles. The van der Waals surface area contributed by atoms with E-state index in [-0.39, 0.29) is 21.8 Å². The molecular formula is C23H19Cl2N3O2. The molecule has 0 saturated heterocycles. The Hall–Kier alpha value is -2.89. The van der Waals surface area contributed by atoms with Crippen molar-refractivity contribution in [3.05, 3.63) is 87.7 Å². The first kappa shape index (κ1) is 20.4. The van der Waals surface area contributed by atoms with Crippen molar-refractivity contribution in [3.8, 4) is 0 Å². The summed E-state index contributed by atoms with van der Waals surface area (Å²) < 4.78 is 0. The highest BCUT2D eigenvalue weighted by Crippen LogP contribution is 2.33. The monoisotopic (exact) mass is 439 g/mol. The molecular weight excluding hydrogens is 421 g/mol. The first-order valence-electron chi connectivity index (χ1n) is 9.55. The maximum Gasteiger partial charge on any atom is 0.279 e. The molecule has 2 amide bonds. The summed E-state index contributed by atoms with van der Waals surface area (Å²) in [4.78, 5) is 32.3. The van der Waals surface area contributed by atoms with Crippen molar-refractivity contribution in [2.75, 3.05) is 10.2 Å². The second-order valence-corrected chi connectivity index (χ2v) is 7.97. The molecule has 1 atom stereocenters. The number of halogens is 2. The summed E-state index contributed by atoms with van der Waals surface area (Å²) in [5.41, 5.74) is 3.46. The zero-order valence-electron chi connectivity index (χ0n) is 16.2. The van der Waals surface area contributed by atoms with Crippen LogP contribution in [-0.4, -0.2) is 22.8 Å². The summed E-state index contributed by atoms with van der Waals surface area (Å²) in [5.74, 6) is -0.724. The molecule has 0 unspecified atom stereocenters. The molecule has 0 spiro atoms. The third-order valence-electron chi connectivity index (χ3n) is 5.11. The van der Waals surface area contributed by atoms with Crippen LogP contribution in [0.5, 0.6) is 0 Å². The number of carbonyl (C=O) groups is 2. The predicted molar refractivity (Wildman–Crippen MR) is 119 cm³/mol. The molecule has 1 aliphatic heterocycles. The lowest BCUT2D eigenvalue weighted by Gasteiger charge is -2.36. The van der Waals surface area contributed by atoms with Gasteiger partial charge in [-0.05, 0) is 55.7 Å². The van der Waals surface area contributed by atoms with Crippen LogP contribution in [0.3, 0.4) is 0 Å². The van der Waals surface area contributed by atoms with E-state index in [0.29, 0.717) is 24.2 Å². The summed E-state index contributed by atoms with van der Waals surface area (Å²) in [5, 5.41) is 3.27. The molecule has 7 heteroatoms. The van der Waals surface area contributed by atoms with Crippen LogP contribution in [0.15, 0.2) is 60.7 Å². The quantitative estimate of drug-likeness (QED) is 0.563. The van der Waals surface area contributed by atoms with E-state index in [2.05, 4.69) is 10.3 Å². The molecule has 0 saturated carbocycles. The second-order valence-electron chi connectivity index (χ2n) is 7.18. The van der Waals surface area contributed by atoms with Gasteiger partial charge in [0.05, 0.1) is 5.02 Å². The van der Waals surface area contributed by atoms with Gasteiger partial charge in [0.1, 0.15) is 16.9 Å². The Kier molecular flexibility index (Phi) is 5.75. The molecule has 1 N–H and O–H groups in total. The van der Waals surface area contributed by atoms with Gasteiger partial charge in [-0.2, -0.15) is 0 Å². The second kappa shape index (κ2) is 8.46. The van der Waals surface area contributed by atoms with Gasteiger partial charge in [0.25, 0.3) is 5.91 Å². The van der Waals surface area contributed by atoms with Crippen molar-refractivity contribution >= 4 is 46.4 Å². The Balaban J connectivity index is 1.72. The zero-order chi connectivity index (χ0) is 21.3. The number of amides is 2. The normalized spacial score (nSPS) is 15.4. The average Bonchev–Trinajstić information content (AvgIpc) is 2.75. The van der Waals surface area contributed by atoms with Crippen LogP contribution < -0.4 is 10.2 Å². The molecule has 5 nitrogen and oxygen atoms in total. The van der Waals surface area contributed by atoms with Gasteiger partial charge in [-0.1, -0.05) is 59.1 Å². The Morgan fingerprint density at radius 3 is 2.53 bits per heavy atom. The molecule has 1 aromatic heterocycles. The van der Waals surface area contributed by atoms with Crippen LogP contribution in [0, 0.1) is 6.92 Å². The van der Waals surface area contributed by atoms with E-state index in [0.717, 1.165) is 11.1 Å². The molecule has 0 bridgehead atoms. The molecule has 0 aliphatic carbocycles. The maximum atomic E-state index is 13.5. The Morgan fingerprint density at radius 2 is 1.77 bits per heavy atom. The molecule has 4 rings (SSSR count). The molecule has 0 fully saturated rings. The fourth-order valence-corrected chi connectivity index (χ4v) is 3.92. The lowest BCUT2D eigenvalue weighted by molar-refractivity contribution is -0.117. The van der Waals surface area contributed by atoms with Gasteiger partial charge in [-0.15, -0.1) is 0 Å². The number of hydrogen-bond acceptors (Lipinski definition) is 3. The molecule has 30 heavy (non-hydrogen) atoms. The van der Waals surface area contributed by atoms with Crippen LogP contribution >= 0.6 is 23.2 Å². The van der Waals surface area contributed by atoms with Gasteiger partial charge >= 0.3 is 0 Å².